The van der Waals surface area contributed by atoms with Gasteiger partial charge in [0.25, 0.3) is 11.1 Å². The van der Waals surface area contributed by atoms with Crippen LogP contribution in [0.15, 0.2) is 70.4 Å². The van der Waals surface area contributed by atoms with E-state index in [-0.39, 0.29) is 40.5 Å². The summed E-state index contributed by atoms with van der Waals surface area (Å²) in [4.78, 5) is 35.0. The van der Waals surface area contributed by atoms with Gasteiger partial charge in [0.1, 0.15) is 16.7 Å². The molecule has 0 fully saturated rings. The van der Waals surface area contributed by atoms with E-state index in [1.165, 1.54) is 15.3 Å². The molecule has 0 unspecified atom stereocenters. The molecule has 37 heavy (non-hydrogen) atoms. The Morgan fingerprint density at radius 1 is 1.03 bits per heavy atom. The zero-order valence-corrected chi connectivity index (χ0v) is 20.5. The number of nitrogens with zero attached hydrogens (tertiary/aromatic N) is 5. The Morgan fingerprint density at radius 3 is 2.46 bits per heavy atom. The normalized spacial score (nSPS) is 11.3. The second kappa shape index (κ2) is 9.62. The topological polar surface area (TPSA) is 83.9 Å². The molecule has 4 aromatic heterocycles. The van der Waals surface area contributed by atoms with Gasteiger partial charge in [-0.1, -0.05) is 29.8 Å². The molecule has 5 aromatic rings. The van der Waals surface area contributed by atoms with Crippen LogP contribution < -0.4 is 15.9 Å². The summed E-state index contributed by atoms with van der Waals surface area (Å²) in [6.45, 7) is 1.81. The maximum Gasteiger partial charge on any atom is 0.282 e. The largest absolute Gasteiger partial charge is 0.497 e. The van der Waals surface area contributed by atoms with Gasteiger partial charge in [0, 0.05) is 17.8 Å². The number of hydrogen-bond donors (Lipinski definition) is 0. The predicted octanol–water partition coefficient (Wildman–Crippen LogP) is 4.09. The molecule has 0 saturated carbocycles. The van der Waals surface area contributed by atoms with E-state index in [2.05, 4.69) is 9.97 Å². The summed E-state index contributed by atoms with van der Waals surface area (Å²) in [6.07, 6.45) is 0.830. The van der Waals surface area contributed by atoms with Crippen LogP contribution >= 0.6 is 11.6 Å². The molecule has 0 bridgehead atoms. The zero-order chi connectivity index (χ0) is 26.3. The monoisotopic (exact) mass is 523 g/mol. The van der Waals surface area contributed by atoms with Gasteiger partial charge < -0.3 is 9.30 Å². The van der Waals surface area contributed by atoms with E-state index in [1.54, 1.807) is 56.5 Å². The molecule has 0 aliphatic rings. The van der Waals surface area contributed by atoms with Crippen LogP contribution in [-0.2, 0) is 13.1 Å². The summed E-state index contributed by atoms with van der Waals surface area (Å²) in [5.74, 6) is -1.64. The minimum Gasteiger partial charge on any atom is -0.497 e. The van der Waals surface area contributed by atoms with Gasteiger partial charge in [-0.15, -0.1) is 0 Å². The van der Waals surface area contributed by atoms with Crippen molar-refractivity contribution in [2.75, 3.05) is 7.11 Å². The molecule has 5 rings (SSSR count). The van der Waals surface area contributed by atoms with E-state index in [4.69, 9.17) is 16.3 Å². The molecule has 0 N–H and O–H groups in total. The number of pyridine rings is 3. The first-order valence-corrected chi connectivity index (χ1v) is 11.6. The van der Waals surface area contributed by atoms with E-state index in [9.17, 15) is 18.4 Å². The van der Waals surface area contributed by atoms with Crippen molar-refractivity contribution in [2.24, 2.45) is 0 Å². The molecular formula is C26H20ClF2N5O3. The third-order valence-electron chi connectivity index (χ3n) is 6.05. The van der Waals surface area contributed by atoms with Crippen molar-refractivity contribution >= 4 is 22.5 Å². The number of halogens is 3. The molecule has 0 aliphatic heterocycles. The highest BCUT2D eigenvalue weighted by Gasteiger charge is 2.23. The maximum atomic E-state index is 14.9. The second-order valence-electron chi connectivity index (χ2n) is 8.35. The van der Waals surface area contributed by atoms with Gasteiger partial charge in [0.05, 0.1) is 43.0 Å². The van der Waals surface area contributed by atoms with Gasteiger partial charge in [0.15, 0.2) is 11.6 Å². The minimum absolute atomic E-state index is 0.0768. The molecule has 0 spiro atoms. The standard InChI is InChI=1S/C26H20ClF2N5O3/c1-15-24-21(11-23(35)32(15)14-18-4-3-5-22(27)31-18)33(13-16-6-8-19(37-2)9-7-16)34(26(24)36)25-20(29)10-17(28)12-30-25/h3-12H,13-14H2,1-2H3. The maximum absolute atomic E-state index is 14.9. The van der Waals surface area contributed by atoms with Crippen molar-refractivity contribution < 1.29 is 13.5 Å². The lowest BCUT2D eigenvalue weighted by Crippen LogP contribution is -2.25. The molecule has 4 heterocycles. The van der Waals surface area contributed by atoms with Gasteiger partial charge in [-0.25, -0.2) is 18.7 Å². The second-order valence-corrected chi connectivity index (χ2v) is 8.73. The Hall–Kier alpha value is -4.31. The number of aromatic nitrogens is 5. The third-order valence-corrected chi connectivity index (χ3v) is 6.26. The van der Waals surface area contributed by atoms with Crippen molar-refractivity contribution in [1.29, 1.82) is 0 Å². The number of ether oxygens (including phenoxy) is 1. The highest BCUT2D eigenvalue weighted by atomic mass is 35.5. The first-order chi connectivity index (χ1) is 17.8. The summed E-state index contributed by atoms with van der Waals surface area (Å²) < 4.78 is 37.6. The van der Waals surface area contributed by atoms with E-state index >= 15 is 0 Å². The quantitative estimate of drug-likeness (QED) is 0.313. The lowest BCUT2D eigenvalue weighted by Gasteiger charge is -2.14. The Labute approximate surface area is 214 Å². The summed E-state index contributed by atoms with van der Waals surface area (Å²) in [6, 6.07) is 14.1. The lowest BCUT2D eigenvalue weighted by atomic mass is 10.2. The molecule has 0 aliphatic carbocycles. The molecular weight excluding hydrogens is 504 g/mol. The molecule has 1 aromatic carbocycles. The Kier molecular flexibility index (Phi) is 6.34. The Bertz CT molecular complexity index is 1760. The SMILES string of the molecule is COc1ccc(Cn2c3cc(=O)n(Cc4cccc(Cl)n4)c(C)c3c(=O)n2-c2ncc(F)cc2F)cc1. The fourth-order valence-corrected chi connectivity index (χ4v) is 4.46. The first-order valence-electron chi connectivity index (χ1n) is 11.2. The minimum atomic E-state index is -1.02. The van der Waals surface area contributed by atoms with Crippen LogP contribution in [0.2, 0.25) is 5.15 Å². The number of benzene rings is 1. The van der Waals surface area contributed by atoms with Crippen molar-refractivity contribution in [3.05, 3.63) is 115 Å². The fraction of sp³-hybridized carbons (Fsp3) is 0.154. The predicted molar refractivity (Wildman–Crippen MR) is 135 cm³/mol. The van der Waals surface area contributed by atoms with Gasteiger partial charge >= 0.3 is 0 Å². The van der Waals surface area contributed by atoms with Crippen LogP contribution in [0.3, 0.4) is 0 Å². The third kappa shape index (κ3) is 4.51. The van der Waals surface area contributed by atoms with Gasteiger partial charge in [-0.2, -0.15) is 4.68 Å². The molecule has 0 amide bonds. The van der Waals surface area contributed by atoms with Gasteiger partial charge in [0.2, 0.25) is 0 Å². The molecule has 11 heteroatoms. The molecule has 0 saturated heterocycles. The highest BCUT2D eigenvalue weighted by molar-refractivity contribution is 6.29. The lowest BCUT2D eigenvalue weighted by molar-refractivity contribution is 0.414. The average Bonchev–Trinajstić information content (AvgIpc) is 3.13. The van der Waals surface area contributed by atoms with Crippen LogP contribution in [0.4, 0.5) is 8.78 Å². The molecule has 0 atom stereocenters. The average molecular weight is 524 g/mol. The van der Waals surface area contributed by atoms with Crippen LogP contribution in [0, 0.1) is 18.6 Å². The van der Waals surface area contributed by atoms with Crippen molar-refractivity contribution in [1.82, 2.24) is 23.9 Å². The fourth-order valence-electron chi connectivity index (χ4n) is 4.27. The van der Waals surface area contributed by atoms with Gasteiger partial charge in [-0.3, -0.25) is 14.3 Å². The number of methoxy groups -OCH3 is 1. The number of aryl methyl sites for hydroxylation is 1. The zero-order valence-electron chi connectivity index (χ0n) is 19.8. The summed E-state index contributed by atoms with van der Waals surface area (Å²) in [5.41, 5.74) is 0.926. The molecule has 8 nitrogen and oxygen atoms in total. The molecule has 188 valence electrons. The van der Waals surface area contributed by atoms with Crippen molar-refractivity contribution in [3.8, 4) is 11.6 Å². The van der Waals surface area contributed by atoms with Gasteiger partial charge in [-0.05, 0) is 36.8 Å². The summed E-state index contributed by atoms with van der Waals surface area (Å²) in [7, 11) is 1.54. The summed E-state index contributed by atoms with van der Waals surface area (Å²) >= 11 is 5.99. The number of fused-ring (bicyclic) bond motifs is 1. The van der Waals surface area contributed by atoms with Crippen LogP contribution in [0.1, 0.15) is 17.0 Å². The van der Waals surface area contributed by atoms with E-state index < -0.39 is 17.2 Å². The number of rotatable bonds is 6. The van der Waals surface area contributed by atoms with Crippen LogP contribution in [0.25, 0.3) is 16.7 Å². The smallest absolute Gasteiger partial charge is 0.282 e. The Morgan fingerprint density at radius 2 is 1.78 bits per heavy atom. The highest BCUT2D eigenvalue weighted by Crippen LogP contribution is 2.21. The van der Waals surface area contributed by atoms with Crippen LogP contribution in [-0.4, -0.2) is 31.0 Å². The van der Waals surface area contributed by atoms with Crippen molar-refractivity contribution in [2.45, 2.75) is 20.0 Å². The van der Waals surface area contributed by atoms with E-state index in [0.717, 1.165) is 16.4 Å². The van der Waals surface area contributed by atoms with E-state index in [0.29, 0.717) is 23.2 Å². The Balaban J connectivity index is 1.76. The molecule has 0 radical (unpaired) electrons. The van der Waals surface area contributed by atoms with Crippen molar-refractivity contribution in [3.63, 3.8) is 0 Å². The van der Waals surface area contributed by atoms with E-state index in [1.807, 2.05) is 0 Å². The van der Waals surface area contributed by atoms with Crippen LogP contribution in [0.5, 0.6) is 5.75 Å². The number of hydrogen-bond acceptors (Lipinski definition) is 5. The first kappa shape index (κ1) is 24.4. The summed E-state index contributed by atoms with van der Waals surface area (Å²) in [5, 5.41) is 0.468.